The van der Waals surface area contributed by atoms with E-state index in [4.69, 9.17) is 0 Å². The third-order valence-electron chi connectivity index (χ3n) is 4.84. The number of rotatable bonds is 3. The molecular weight excluding hydrogens is 348 g/mol. The first-order chi connectivity index (χ1) is 12.3. The molecule has 5 heteroatoms. The maximum atomic E-state index is 13.1. The first-order valence-corrected chi connectivity index (χ1v) is 10.1. The number of hydrogen-bond acceptors (Lipinski definition) is 4. The molecule has 3 aromatic heterocycles. The molecule has 0 saturated heterocycles. The van der Waals surface area contributed by atoms with Gasteiger partial charge in [0.1, 0.15) is 4.83 Å². The van der Waals surface area contributed by atoms with Gasteiger partial charge in [0, 0.05) is 9.75 Å². The van der Waals surface area contributed by atoms with Crippen molar-refractivity contribution < 1.29 is 0 Å². The van der Waals surface area contributed by atoms with Crippen molar-refractivity contribution >= 4 is 32.9 Å². The lowest BCUT2D eigenvalue weighted by Crippen LogP contribution is -2.21. The monoisotopic (exact) mass is 364 g/mol. The van der Waals surface area contributed by atoms with E-state index in [0.29, 0.717) is 6.54 Å². The Bertz CT molecular complexity index is 1120. The molecule has 0 unspecified atom stereocenters. The second-order valence-corrected chi connectivity index (χ2v) is 8.38. The summed E-state index contributed by atoms with van der Waals surface area (Å²) in [5.74, 6) is 0. The average molecular weight is 364 g/mol. The minimum atomic E-state index is 0.102. The molecule has 0 amide bonds. The van der Waals surface area contributed by atoms with Crippen LogP contribution in [0.25, 0.3) is 20.7 Å². The van der Waals surface area contributed by atoms with Crippen molar-refractivity contribution in [2.24, 2.45) is 0 Å². The van der Waals surface area contributed by atoms with E-state index in [1.807, 2.05) is 6.07 Å². The normalized spacial score (nSPS) is 13.4. The predicted octanol–water partition coefficient (Wildman–Crippen LogP) is 4.72. The van der Waals surface area contributed by atoms with Gasteiger partial charge in [-0.15, -0.1) is 22.7 Å². The fourth-order valence-corrected chi connectivity index (χ4v) is 5.65. The molecule has 4 aromatic rings. The van der Waals surface area contributed by atoms with Crippen molar-refractivity contribution in [1.82, 2.24) is 9.55 Å². The molecule has 3 heterocycles. The Morgan fingerprint density at radius 1 is 1.12 bits per heavy atom. The van der Waals surface area contributed by atoms with Crippen LogP contribution in [-0.4, -0.2) is 9.55 Å². The molecule has 0 N–H and O–H groups in total. The van der Waals surface area contributed by atoms with Crippen LogP contribution in [0.1, 0.15) is 22.4 Å². The number of thiophene rings is 2. The number of aryl methyl sites for hydroxylation is 2. The van der Waals surface area contributed by atoms with Gasteiger partial charge in [-0.2, -0.15) is 0 Å². The smallest absolute Gasteiger partial charge is 0.262 e. The van der Waals surface area contributed by atoms with Crippen molar-refractivity contribution in [3.05, 3.63) is 74.5 Å². The number of aromatic nitrogens is 2. The molecule has 5 rings (SSSR count). The van der Waals surface area contributed by atoms with Gasteiger partial charge < -0.3 is 0 Å². The molecule has 0 bridgehead atoms. The van der Waals surface area contributed by atoms with Crippen molar-refractivity contribution in [3.8, 4) is 10.4 Å². The largest absolute Gasteiger partial charge is 0.294 e. The zero-order valence-corrected chi connectivity index (χ0v) is 15.2. The minimum absolute atomic E-state index is 0.102. The second-order valence-electron chi connectivity index (χ2n) is 6.35. The van der Waals surface area contributed by atoms with Gasteiger partial charge in [0.2, 0.25) is 0 Å². The number of hydrogen-bond donors (Lipinski definition) is 0. The molecule has 0 aliphatic heterocycles. The molecule has 0 fully saturated rings. The molecule has 25 heavy (non-hydrogen) atoms. The summed E-state index contributed by atoms with van der Waals surface area (Å²) in [4.78, 5) is 21.2. The lowest BCUT2D eigenvalue weighted by Gasteiger charge is -2.10. The Labute approximate surface area is 153 Å². The maximum absolute atomic E-state index is 13.1. The Balaban J connectivity index is 1.62. The summed E-state index contributed by atoms with van der Waals surface area (Å²) in [6, 6.07) is 12.5. The van der Waals surface area contributed by atoms with Gasteiger partial charge in [0.25, 0.3) is 5.56 Å². The summed E-state index contributed by atoms with van der Waals surface area (Å²) in [6.07, 6.45) is 4.98. The summed E-state index contributed by atoms with van der Waals surface area (Å²) in [7, 11) is 0. The zero-order valence-electron chi connectivity index (χ0n) is 13.6. The summed E-state index contributed by atoms with van der Waals surface area (Å²) in [5, 5.41) is 2.94. The van der Waals surface area contributed by atoms with Gasteiger partial charge in [-0.25, -0.2) is 4.98 Å². The maximum Gasteiger partial charge on any atom is 0.262 e. The van der Waals surface area contributed by atoms with E-state index >= 15 is 0 Å². The summed E-state index contributed by atoms with van der Waals surface area (Å²) in [6.45, 7) is 0.556. The van der Waals surface area contributed by atoms with Crippen LogP contribution in [0.4, 0.5) is 0 Å². The van der Waals surface area contributed by atoms with E-state index in [1.165, 1.54) is 20.9 Å². The molecule has 0 saturated carbocycles. The quantitative estimate of drug-likeness (QED) is 0.527. The molecule has 1 aromatic carbocycles. The average Bonchev–Trinajstić information content (AvgIpc) is 3.34. The lowest BCUT2D eigenvalue weighted by molar-refractivity contribution is 0.749. The van der Waals surface area contributed by atoms with E-state index in [0.717, 1.165) is 35.0 Å². The minimum Gasteiger partial charge on any atom is -0.294 e. The van der Waals surface area contributed by atoms with Gasteiger partial charge >= 0.3 is 0 Å². The Kier molecular flexibility index (Phi) is 3.57. The Hall–Kier alpha value is -2.24. The third kappa shape index (κ3) is 2.46. The first-order valence-electron chi connectivity index (χ1n) is 8.43. The highest BCUT2D eigenvalue weighted by molar-refractivity contribution is 7.18. The van der Waals surface area contributed by atoms with Crippen LogP contribution < -0.4 is 5.56 Å². The van der Waals surface area contributed by atoms with E-state index < -0.39 is 0 Å². The molecule has 1 aliphatic carbocycles. The van der Waals surface area contributed by atoms with Gasteiger partial charge in [0.15, 0.2) is 0 Å². The van der Waals surface area contributed by atoms with Gasteiger partial charge in [0.05, 0.1) is 18.3 Å². The zero-order chi connectivity index (χ0) is 16.8. The van der Waals surface area contributed by atoms with Crippen LogP contribution >= 0.6 is 22.7 Å². The number of fused-ring (bicyclic) bond motifs is 3. The summed E-state index contributed by atoms with van der Waals surface area (Å²) >= 11 is 3.42. The SMILES string of the molecule is O=c1c2c3c(sc2ncn1Cc1ccccc1-c1cccs1)CCC3. The van der Waals surface area contributed by atoms with Crippen molar-refractivity contribution in [2.45, 2.75) is 25.8 Å². The molecule has 0 atom stereocenters. The molecule has 3 nitrogen and oxygen atoms in total. The van der Waals surface area contributed by atoms with Crippen LogP contribution in [0, 0.1) is 0 Å². The van der Waals surface area contributed by atoms with Gasteiger partial charge in [-0.1, -0.05) is 30.3 Å². The second kappa shape index (κ2) is 5.93. The molecular formula is C20H16N2OS2. The topological polar surface area (TPSA) is 34.9 Å². The van der Waals surface area contributed by atoms with E-state index in [1.54, 1.807) is 33.6 Å². The van der Waals surface area contributed by atoms with Crippen LogP contribution in [0.2, 0.25) is 0 Å². The summed E-state index contributed by atoms with van der Waals surface area (Å²) < 4.78 is 1.76. The molecule has 124 valence electrons. The number of benzene rings is 1. The highest BCUT2D eigenvalue weighted by Crippen LogP contribution is 2.34. The Morgan fingerprint density at radius 3 is 2.92 bits per heavy atom. The Morgan fingerprint density at radius 2 is 2.04 bits per heavy atom. The molecule has 0 spiro atoms. The highest BCUT2D eigenvalue weighted by atomic mass is 32.1. The predicted molar refractivity (Wildman–Crippen MR) is 105 cm³/mol. The van der Waals surface area contributed by atoms with Crippen LogP contribution in [0.3, 0.4) is 0 Å². The van der Waals surface area contributed by atoms with Crippen molar-refractivity contribution in [2.75, 3.05) is 0 Å². The van der Waals surface area contributed by atoms with E-state index in [2.05, 4.69) is 40.7 Å². The highest BCUT2D eigenvalue weighted by Gasteiger charge is 2.21. The standard InChI is InChI=1S/C20H16N2OS2/c23-20-18-15-7-3-8-17(15)25-19(18)21-12-22(20)11-13-5-1-2-6-14(13)16-9-4-10-24-16/h1-2,4-6,9-10,12H,3,7-8,11H2. The third-order valence-corrected chi connectivity index (χ3v) is 6.94. The van der Waals surface area contributed by atoms with E-state index in [9.17, 15) is 4.79 Å². The number of nitrogens with zero attached hydrogens (tertiary/aromatic N) is 2. The fourth-order valence-electron chi connectivity index (χ4n) is 3.65. The van der Waals surface area contributed by atoms with Gasteiger partial charge in [-0.05, 0) is 47.4 Å². The molecule has 1 aliphatic rings. The van der Waals surface area contributed by atoms with Crippen molar-refractivity contribution in [3.63, 3.8) is 0 Å². The summed E-state index contributed by atoms with van der Waals surface area (Å²) in [5.41, 5.74) is 3.70. The van der Waals surface area contributed by atoms with Crippen LogP contribution in [-0.2, 0) is 19.4 Å². The van der Waals surface area contributed by atoms with Crippen molar-refractivity contribution in [1.29, 1.82) is 0 Å². The first kappa shape index (κ1) is 15.0. The van der Waals surface area contributed by atoms with Crippen LogP contribution in [0.15, 0.2) is 52.9 Å². The van der Waals surface area contributed by atoms with Gasteiger partial charge in [-0.3, -0.25) is 9.36 Å². The molecule has 0 radical (unpaired) electrons. The lowest BCUT2D eigenvalue weighted by atomic mass is 10.1. The van der Waals surface area contributed by atoms with Crippen LogP contribution in [0.5, 0.6) is 0 Å². The fraction of sp³-hybridized carbons (Fsp3) is 0.200. The van der Waals surface area contributed by atoms with E-state index in [-0.39, 0.29) is 5.56 Å².